The van der Waals surface area contributed by atoms with Gasteiger partial charge in [-0.15, -0.1) is 0 Å². The second kappa shape index (κ2) is 9.20. The number of benzene rings is 2. The van der Waals surface area contributed by atoms with Gasteiger partial charge in [0.1, 0.15) is 59.1 Å². The minimum absolute atomic E-state index is 0.0159. The average Bonchev–Trinajstić information content (AvgIpc) is 2.82. The number of Topliss-reactive ketones (excluding diaryl/α,β-unsaturated/α-hetero) is 1. The number of hydrogen-bond donors (Lipinski definition) is 6. The number of ketones is 1. The molecule has 1 fully saturated rings. The number of fused-ring (bicyclic) bond motifs is 1. The van der Waals surface area contributed by atoms with Crippen molar-refractivity contribution in [3.63, 3.8) is 0 Å². The first kappa shape index (κ1) is 23.9. The van der Waals surface area contributed by atoms with E-state index in [0.29, 0.717) is 11.8 Å². The van der Waals surface area contributed by atoms with Crippen LogP contribution in [0.4, 0.5) is 0 Å². The maximum atomic E-state index is 12.9. The lowest BCUT2D eigenvalue weighted by Gasteiger charge is -2.40. The molecule has 2 aromatic rings. The van der Waals surface area contributed by atoms with E-state index in [1.165, 1.54) is 19.1 Å². The van der Waals surface area contributed by atoms with E-state index in [1.54, 1.807) is 12.1 Å². The van der Waals surface area contributed by atoms with E-state index >= 15 is 0 Å². The van der Waals surface area contributed by atoms with Crippen molar-refractivity contribution < 1.29 is 54.4 Å². The summed E-state index contributed by atoms with van der Waals surface area (Å²) in [6.45, 7) is 0.687. The summed E-state index contributed by atoms with van der Waals surface area (Å²) < 4.78 is 16.9. The van der Waals surface area contributed by atoms with E-state index < -0.39 is 54.9 Å². The normalized spacial score (nSPS) is 28.7. The van der Waals surface area contributed by atoms with E-state index in [2.05, 4.69) is 0 Å². The van der Waals surface area contributed by atoms with E-state index in [0.717, 1.165) is 0 Å². The van der Waals surface area contributed by atoms with Crippen molar-refractivity contribution in [3.05, 3.63) is 46.5 Å². The summed E-state index contributed by atoms with van der Waals surface area (Å²) in [5, 5.41) is 59.9. The van der Waals surface area contributed by atoms with Crippen LogP contribution in [0.25, 0.3) is 0 Å². The van der Waals surface area contributed by atoms with Gasteiger partial charge in [0.05, 0.1) is 18.6 Å². The second-order valence-corrected chi connectivity index (χ2v) is 8.18. The van der Waals surface area contributed by atoms with Crippen LogP contribution in [0, 0.1) is 6.92 Å². The van der Waals surface area contributed by atoms with Crippen molar-refractivity contribution in [2.75, 3.05) is 6.61 Å². The van der Waals surface area contributed by atoms with Gasteiger partial charge in [-0.1, -0.05) is 12.1 Å². The van der Waals surface area contributed by atoms with Crippen LogP contribution in [0.5, 0.6) is 23.0 Å². The molecule has 2 heterocycles. The van der Waals surface area contributed by atoms with Crippen LogP contribution in [0.3, 0.4) is 0 Å². The number of aliphatic hydroxyl groups is 4. The minimum Gasteiger partial charge on any atom is -0.508 e. The lowest BCUT2D eigenvalue weighted by atomic mass is 9.91. The number of rotatable bonds is 5. The quantitative estimate of drug-likeness (QED) is 0.322. The average molecular weight is 476 g/mol. The number of hydrogen-bond acceptors (Lipinski definition) is 11. The maximum Gasteiger partial charge on any atom is 0.229 e. The zero-order valence-corrected chi connectivity index (χ0v) is 18.0. The SMILES string of the molecule is Cc1c(O)c2c(c(C=O)c1O[C@@H]1O[C@H](CO)[C@@H](O)[C@H](O)[C@H]1O)O[C@H](c1ccc(O)cc1)CC2=O. The van der Waals surface area contributed by atoms with E-state index in [1.807, 2.05) is 0 Å². The smallest absolute Gasteiger partial charge is 0.229 e. The first-order chi connectivity index (χ1) is 16.2. The number of aromatic hydroxyl groups is 2. The number of phenols is 2. The third kappa shape index (κ3) is 3.97. The summed E-state index contributed by atoms with van der Waals surface area (Å²) in [6.07, 6.45) is -8.57. The molecule has 0 radical (unpaired) electrons. The van der Waals surface area contributed by atoms with Gasteiger partial charge in [-0.05, 0) is 24.6 Å². The Bertz CT molecular complexity index is 1100. The third-order valence-corrected chi connectivity index (χ3v) is 6.02. The molecule has 0 spiro atoms. The Morgan fingerprint density at radius 2 is 1.76 bits per heavy atom. The lowest BCUT2D eigenvalue weighted by Crippen LogP contribution is -2.60. The molecule has 0 amide bonds. The van der Waals surface area contributed by atoms with Gasteiger partial charge in [-0.2, -0.15) is 0 Å². The first-order valence-corrected chi connectivity index (χ1v) is 10.5. The predicted octanol–water partition coefficient (Wildman–Crippen LogP) is 0.104. The lowest BCUT2D eigenvalue weighted by molar-refractivity contribution is -0.277. The van der Waals surface area contributed by atoms with Crippen molar-refractivity contribution in [1.29, 1.82) is 0 Å². The molecule has 0 aromatic heterocycles. The van der Waals surface area contributed by atoms with Crippen molar-refractivity contribution in [2.24, 2.45) is 0 Å². The Labute approximate surface area is 193 Å². The fraction of sp³-hybridized carbons (Fsp3) is 0.391. The summed E-state index contributed by atoms with van der Waals surface area (Å²) >= 11 is 0. The van der Waals surface area contributed by atoms with Gasteiger partial charge < -0.3 is 44.8 Å². The van der Waals surface area contributed by atoms with Gasteiger partial charge >= 0.3 is 0 Å². The Hall–Kier alpha value is -3.22. The zero-order valence-electron chi connectivity index (χ0n) is 18.0. The van der Waals surface area contributed by atoms with Crippen LogP contribution >= 0.6 is 0 Å². The van der Waals surface area contributed by atoms with Gasteiger partial charge in [-0.3, -0.25) is 9.59 Å². The highest BCUT2D eigenvalue weighted by Gasteiger charge is 2.45. The standard InChI is InChI=1S/C23H24O11/c1-9-17(28)16-13(27)6-14(10-2-4-11(26)5-3-10)32-22(16)12(7-24)21(9)34-23-20(31)19(30)18(29)15(8-25)33-23/h2-5,7,14-15,18-20,23,25-26,28-31H,6,8H2,1H3/t14-,15+,18+,19-,20+,23-/m0/s1. The molecule has 2 aliphatic heterocycles. The van der Waals surface area contributed by atoms with Crippen LogP contribution in [-0.4, -0.2) is 80.0 Å². The molecule has 1 saturated heterocycles. The Balaban J connectivity index is 1.75. The summed E-state index contributed by atoms with van der Waals surface area (Å²) in [5.74, 6) is -1.46. The molecule has 6 N–H and O–H groups in total. The fourth-order valence-electron chi connectivity index (χ4n) is 4.09. The summed E-state index contributed by atoms with van der Waals surface area (Å²) in [7, 11) is 0. The molecule has 34 heavy (non-hydrogen) atoms. The van der Waals surface area contributed by atoms with Gasteiger partial charge in [0.2, 0.25) is 6.29 Å². The first-order valence-electron chi connectivity index (χ1n) is 10.5. The topological polar surface area (TPSA) is 183 Å². The van der Waals surface area contributed by atoms with Gasteiger partial charge in [0.25, 0.3) is 0 Å². The summed E-state index contributed by atoms with van der Waals surface area (Å²) in [6, 6.07) is 5.94. The largest absolute Gasteiger partial charge is 0.508 e. The monoisotopic (exact) mass is 476 g/mol. The molecule has 182 valence electrons. The van der Waals surface area contributed by atoms with Crippen molar-refractivity contribution in [3.8, 4) is 23.0 Å². The number of aldehydes is 1. The van der Waals surface area contributed by atoms with Crippen LogP contribution < -0.4 is 9.47 Å². The third-order valence-electron chi connectivity index (χ3n) is 6.02. The molecule has 0 bridgehead atoms. The van der Waals surface area contributed by atoms with Crippen molar-refractivity contribution in [1.82, 2.24) is 0 Å². The van der Waals surface area contributed by atoms with Gasteiger partial charge in [0, 0.05) is 5.56 Å². The number of carbonyl (C=O) groups excluding carboxylic acids is 2. The highest BCUT2D eigenvalue weighted by atomic mass is 16.7. The highest BCUT2D eigenvalue weighted by molar-refractivity contribution is 6.06. The Morgan fingerprint density at radius 3 is 2.38 bits per heavy atom. The molecular formula is C23H24O11. The molecule has 2 aromatic carbocycles. The fourth-order valence-corrected chi connectivity index (χ4v) is 4.09. The van der Waals surface area contributed by atoms with Crippen LogP contribution in [0.15, 0.2) is 24.3 Å². The molecule has 0 unspecified atom stereocenters. The van der Waals surface area contributed by atoms with Crippen LogP contribution in [0.2, 0.25) is 0 Å². The summed E-state index contributed by atoms with van der Waals surface area (Å²) in [5.41, 5.74) is 0.0952. The predicted molar refractivity (Wildman–Crippen MR) is 113 cm³/mol. The molecule has 11 heteroatoms. The molecule has 11 nitrogen and oxygen atoms in total. The zero-order chi connectivity index (χ0) is 24.7. The molecule has 0 saturated carbocycles. The number of aliphatic hydroxyl groups excluding tert-OH is 4. The van der Waals surface area contributed by atoms with Crippen molar-refractivity contribution in [2.45, 2.75) is 50.2 Å². The highest BCUT2D eigenvalue weighted by Crippen LogP contribution is 2.48. The number of carbonyl (C=O) groups is 2. The van der Waals surface area contributed by atoms with Crippen LogP contribution in [-0.2, 0) is 4.74 Å². The van der Waals surface area contributed by atoms with Crippen LogP contribution in [0.1, 0.15) is 44.4 Å². The van der Waals surface area contributed by atoms with Crippen molar-refractivity contribution >= 4 is 12.1 Å². The minimum atomic E-state index is -1.76. The molecule has 0 aliphatic carbocycles. The second-order valence-electron chi connectivity index (χ2n) is 8.18. The van der Waals surface area contributed by atoms with E-state index in [9.17, 15) is 40.2 Å². The molecular weight excluding hydrogens is 452 g/mol. The van der Waals surface area contributed by atoms with Gasteiger partial charge in [0.15, 0.2) is 12.1 Å². The van der Waals surface area contributed by atoms with Gasteiger partial charge in [-0.25, -0.2) is 0 Å². The van der Waals surface area contributed by atoms with E-state index in [4.69, 9.17) is 14.2 Å². The molecule has 6 atom stereocenters. The number of ether oxygens (including phenoxy) is 3. The maximum absolute atomic E-state index is 12.9. The Morgan fingerprint density at radius 1 is 1.09 bits per heavy atom. The molecule has 2 aliphatic rings. The summed E-state index contributed by atoms with van der Waals surface area (Å²) in [4.78, 5) is 25.0. The number of phenolic OH excluding ortho intramolecular Hbond substituents is 2. The molecule has 4 rings (SSSR count). The Kier molecular flexibility index (Phi) is 6.47. The van der Waals surface area contributed by atoms with E-state index in [-0.39, 0.29) is 40.4 Å².